The summed E-state index contributed by atoms with van der Waals surface area (Å²) in [5.41, 5.74) is 28.2. The van der Waals surface area contributed by atoms with Crippen LogP contribution in [0.15, 0.2) is 59.6 Å². The molecule has 2 heterocycles. The Kier molecular flexibility index (Phi) is 27.0. The summed E-state index contributed by atoms with van der Waals surface area (Å²) in [5.74, 6) is -9.73. The zero-order valence-electron chi connectivity index (χ0n) is 44.9. The number of aliphatic imine (C=N–C) groups is 1. The van der Waals surface area contributed by atoms with Crippen molar-refractivity contribution in [3.05, 3.63) is 65.7 Å². The van der Waals surface area contributed by atoms with Crippen LogP contribution in [0.4, 0.5) is 4.79 Å². The molecule has 0 radical (unpaired) electrons. The fourth-order valence-corrected chi connectivity index (χ4v) is 10.4. The number of benzene rings is 2. The minimum Gasteiger partial charge on any atom is -0.434 e. The molecule has 17 N–H and O–H groups in total. The lowest BCUT2D eigenvalue weighted by Gasteiger charge is -2.31. The lowest BCUT2D eigenvalue weighted by atomic mass is 10.0. The lowest BCUT2D eigenvalue weighted by molar-refractivity contribution is -0.142. The standard InChI is InChI=1S/C51H72N14O14S2/c1-28(2)26-78-51(77)79-31-14-12-30(13-15-31)23-34-45(72)62-35(22-29-8-4-3-5-9-29)46(73)60-33(16-17-39(52)66)44(71)63-36(24-40(53)67)47(74)64-37(27-81-80-21-18-42(69)59-34)49(76)65-20-7-11-38(65)48(75)61-32(10-6-19-57-50(55)56)43(70)58-25-41(54)68/h3-5,8-9,12-15,28,32-38H,6-7,10-11,16-27H2,1-2H3,(H2,52,66)(H2,53,67)(H2,54,68)(H,58,70)(H,59,69)(H,60,73)(H,61,75)(H,62,72)(H,63,71)(H,64,74)(H4,55,56,57)/t32-,33+,34?,35?,36+,37?,38+/m1/s1. The molecular weight excluding hydrogens is 1100 g/mol. The fraction of sp³-hybridized carbons (Fsp3) is 0.510. The van der Waals surface area contributed by atoms with E-state index in [0.29, 0.717) is 17.5 Å². The van der Waals surface area contributed by atoms with Gasteiger partial charge in [-0.3, -0.25) is 57.7 Å². The number of hydrogen-bond acceptors (Lipinski definition) is 17. The highest BCUT2D eigenvalue weighted by molar-refractivity contribution is 8.76. The van der Waals surface area contributed by atoms with Crippen LogP contribution in [0, 0.1) is 5.92 Å². The topological polar surface area (TPSA) is 453 Å². The first-order valence-electron chi connectivity index (χ1n) is 26.0. The molecule has 2 saturated heterocycles. The van der Waals surface area contributed by atoms with Crippen LogP contribution in [-0.2, 0) is 70.3 Å². The zero-order valence-corrected chi connectivity index (χ0v) is 46.6. The monoisotopic (exact) mass is 1170 g/mol. The first-order chi connectivity index (χ1) is 38.5. The molecule has 3 unspecified atom stereocenters. The van der Waals surface area contributed by atoms with Crippen LogP contribution >= 0.6 is 21.6 Å². The molecule has 2 aliphatic rings. The van der Waals surface area contributed by atoms with Gasteiger partial charge in [-0.25, -0.2) is 4.79 Å². The summed E-state index contributed by atoms with van der Waals surface area (Å²) in [6, 6.07) is 4.44. The van der Waals surface area contributed by atoms with Crippen LogP contribution in [0.2, 0.25) is 0 Å². The van der Waals surface area contributed by atoms with Gasteiger partial charge in [0.05, 0.1) is 19.6 Å². The van der Waals surface area contributed by atoms with E-state index >= 15 is 0 Å². The van der Waals surface area contributed by atoms with Gasteiger partial charge in [0.25, 0.3) is 0 Å². The minimum absolute atomic E-state index is 0.00353. The third-order valence-corrected chi connectivity index (χ3v) is 14.6. The molecular formula is C51H72N14O14S2. The predicted octanol–water partition coefficient (Wildman–Crippen LogP) is -2.88. The Morgan fingerprint density at radius 3 is 1.99 bits per heavy atom. The van der Waals surface area contributed by atoms with Gasteiger partial charge in [0.15, 0.2) is 5.96 Å². The van der Waals surface area contributed by atoms with Gasteiger partial charge >= 0.3 is 6.16 Å². The molecule has 11 amide bonds. The molecule has 0 spiro atoms. The van der Waals surface area contributed by atoms with Crippen molar-refractivity contribution in [1.82, 2.24) is 42.1 Å². The minimum atomic E-state index is -1.79. The number of primary amides is 3. The molecule has 28 nitrogen and oxygen atoms in total. The second-order valence-corrected chi connectivity index (χ2v) is 22.0. The summed E-state index contributed by atoms with van der Waals surface area (Å²) in [4.78, 5) is 166. The molecule has 0 saturated carbocycles. The van der Waals surface area contributed by atoms with Crippen molar-refractivity contribution in [2.24, 2.45) is 39.6 Å². The van der Waals surface area contributed by atoms with E-state index in [0.717, 1.165) is 21.6 Å². The number of nitrogens with zero attached hydrogens (tertiary/aromatic N) is 2. The zero-order chi connectivity index (χ0) is 59.6. The number of nitrogens with one attached hydrogen (secondary N) is 7. The van der Waals surface area contributed by atoms with Gasteiger partial charge in [-0.1, -0.05) is 77.9 Å². The number of hydrogen-bond donors (Lipinski definition) is 12. The molecule has 0 aromatic heterocycles. The third-order valence-electron chi connectivity index (χ3n) is 12.2. The number of rotatable bonds is 22. The molecule has 442 valence electrons. The van der Waals surface area contributed by atoms with Gasteiger partial charge in [-0.2, -0.15) is 0 Å². The molecule has 2 aromatic rings. The van der Waals surface area contributed by atoms with E-state index < -0.39 is 139 Å². The molecule has 2 aromatic carbocycles. The van der Waals surface area contributed by atoms with Gasteiger partial charge in [-0.15, -0.1) is 0 Å². The number of carbonyl (C=O) groups excluding carboxylic acids is 12. The average molecular weight is 1170 g/mol. The molecule has 7 atom stereocenters. The molecule has 30 heteroatoms. The summed E-state index contributed by atoms with van der Waals surface area (Å²) in [6.07, 6.45) is -2.47. The highest BCUT2D eigenvalue weighted by Crippen LogP contribution is 2.26. The second kappa shape index (κ2) is 33.4. The van der Waals surface area contributed by atoms with Crippen molar-refractivity contribution in [3.63, 3.8) is 0 Å². The number of nitrogens with two attached hydrogens (primary N) is 5. The molecule has 4 rings (SSSR count). The van der Waals surface area contributed by atoms with E-state index in [9.17, 15) is 57.5 Å². The van der Waals surface area contributed by atoms with E-state index in [1.54, 1.807) is 42.5 Å². The second-order valence-electron chi connectivity index (χ2n) is 19.4. The molecule has 81 heavy (non-hydrogen) atoms. The van der Waals surface area contributed by atoms with Gasteiger partial charge in [0, 0.05) is 50.3 Å². The van der Waals surface area contributed by atoms with Crippen molar-refractivity contribution >= 4 is 98.7 Å². The van der Waals surface area contributed by atoms with Crippen molar-refractivity contribution in [1.29, 1.82) is 0 Å². The smallest absolute Gasteiger partial charge is 0.434 e. The molecule has 2 aliphatic heterocycles. The van der Waals surface area contributed by atoms with E-state index in [1.807, 2.05) is 13.8 Å². The average Bonchev–Trinajstić information content (AvgIpc) is 3.97. The number of carbonyl (C=O) groups is 12. The predicted molar refractivity (Wildman–Crippen MR) is 297 cm³/mol. The Morgan fingerprint density at radius 1 is 0.741 bits per heavy atom. The Bertz CT molecular complexity index is 2590. The fourth-order valence-electron chi connectivity index (χ4n) is 8.20. The number of guanidine groups is 1. The van der Waals surface area contributed by atoms with Gasteiger partial charge in [-0.05, 0) is 61.3 Å². The number of likely N-dealkylation sites (tertiary alicyclic amines) is 1. The highest BCUT2D eigenvalue weighted by atomic mass is 33.1. The molecule has 2 fully saturated rings. The maximum Gasteiger partial charge on any atom is 0.513 e. The summed E-state index contributed by atoms with van der Waals surface area (Å²) in [6.45, 7) is 3.42. The lowest BCUT2D eigenvalue weighted by Crippen LogP contribution is -2.61. The summed E-state index contributed by atoms with van der Waals surface area (Å²) >= 11 is 0. The number of ether oxygens (including phenoxy) is 2. The van der Waals surface area contributed by atoms with Crippen molar-refractivity contribution in [3.8, 4) is 5.75 Å². The normalized spacial score (nSPS) is 20.8. The largest absolute Gasteiger partial charge is 0.513 e. The Balaban J connectivity index is 1.69. The number of amides is 11. The van der Waals surface area contributed by atoms with Crippen LogP contribution in [0.25, 0.3) is 0 Å². The third kappa shape index (κ3) is 23.6. The Morgan fingerprint density at radius 2 is 1.36 bits per heavy atom. The van der Waals surface area contributed by atoms with Crippen LogP contribution in [0.5, 0.6) is 5.75 Å². The summed E-state index contributed by atoms with van der Waals surface area (Å²) in [7, 11) is 2.16. The maximum absolute atomic E-state index is 14.6. The van der Waals surface area contributed by atoms with Crippen LogP contribution in [0.3, 0.4) is 0 Å². The maximum atomic E-state index is 14.6. The molecule has 0 bridgehead atoms. The van der Waals surface area contributed by atoms with E-state index in [4.69, 9.17) is 38.1 Å². The Hall–Kier alpha value is -8.15. The summed E-state index contributed by atoms with van der Waals surface area (Å²) in [5, 5.41) is 17.9. The van der Waals surface area contributed by atoms with Gasteiger partial charge in [0.1, 0.15) is 48.0 Å². The van der Waals surface area contributed by atoms with Crippen LogP contribution < -0.4 is 70.6 Å². The quantitative estimate of drug-likeness (QED) is 0.0141. The first kappa shape index (κ1) is 65.4. The van der Waals surface area contributed by atoms with Crippen LogP contribution in [0.1, 0.15) is 76.3 Å². The van der Waals surface area contributed by atoms with Crippen LogP contribution in [-0.4, -0.2) is 162 Å². The van der Waals surface area contributed by atoms with Crippen molar-refractivity contribution in [2.45, 2.75) is 120 Å². The molecule has 0 aliphatic carbocycles. The van der Waals surface area contributed by atoms with Gasteiger partial charge in [0.2, 0.25) is 65.0 Å². The summed E-state index contributed by atoms with van der Waals surface area (Å²) < 4.78 is 10.3. The van der Waals surface area contributed by atoms with Crippen molar-refractivity contribution in [2.75, 3.05) is 37.7 Å². The van der Waals surface area contributed by atoms with E-state index in [1.165, 1.54) is 17.0 Å². The van der Waals surface area contributed by atoms with Gasteiger partial charge < -0.3 is 80.3 Å². The van der Waals surface area contributed by atoms with E-state index in [2.05, 4.69) is 42.2 Å². The SMILES string of the molecule is CC(C)COC(=O)Oc1ccc(CC2NC(=O)CCSSCC(C(=O)N3CCC[C@H]3C(=O)N[C@H](CCCN=C(N)N)C(=O)NCC(N)=O)NC(=O)[C@H](CC(N)=O)NC(=O)[C@H](CCC(N)=O)NC(=O)C(Cc3ccccc3)NC2=O)cc1. The van der Waals surface area contributed by atoms with E-state index in [-0.39, 0.29) is 87.4 Å². The first-order valence-corrected chi connectivity index (χ1v) is 28.5. The Labute approximate surface area is 475 Å². The highest BCUT2D eigenvalue weighted by Gasteiger charge is 2.40. The van der Waals surface area contributed by atoms with Crippen molar-refractivity contribution < 1.29 is 67.0 Å².